The smallest absolute Gasteiger partial charge is 0.252 e. The second kappa shape index (κ2) is 8.94. The molecular weight excluding hydrogens is 374 g/mol. The van der Waals surface area contributed by atoms with E-state index in [4.69, 9.17) is 9.72 Å². The Balaban J connectivity index is 1.63. The molecule has 0 saturated carbocycles. The summed E-state index contributed by atoms with van der Waals surface area (Å²) in [6.45, 7) is 11.1. The Morgan fingerprint density at radius 1 is 1.03 bits per heavy atom. The fourth-order valence-electron chi connectivity index (χ4n) is 3.82. The maximum Gasteiger partial charge on any atom is 0.252 e. The molecule has 5 nitrogen and oxygen atoms in total. The molecule has 0 spiro atoms. The quantitative estimate of drug-likeness (QED) is 0.702. The Morgan fingerprint density at radius 3 is 2.60 bits per heavy atom. The van der Waals surface area contributed by atoms with Crippen LogP contribution in [0.5, 0.6) is 0 Å². The van der Waals surface area contributed by atoms with Crippen molar-refractivity contribution in [2.24, 2.45) is 0 Å². The Morgan fingerprint density at radius 2 is 1.83 bits per heavy atom. The number of fused-ring (bicyclic) bond motifs is 1. The third-order valence-electron chi connectivity index (χ3n) is 5.83. The minimum absolute atomic E-state index is 0.0497. The van der Waals surface area contributed by atoms with Crippen molar-refractivity contribution in [2.45, 2.75) is 20.8 Å². The summed E-state index contributed by atoms with van der Waals surface area (Å²) in [5.74, 6) is -0.0497. The van der Waals surface area contributed by atoms with Crippen molar-refractivity contribution in [3.05, 3.63) is 64.7 Å². The first kappa shape index (κ1) is 20.5. The zero-order chi connectivity index (χ0) is 21.1. The molecule has 0 atom stereocenters. The van der Waals surface area contributed by atoms with Gasteiger partial charge in [-0.2, -0.15) is 0 Å². The zero-order valence-corrected chi connectivity index (χ0v) is 18.0. The SMILES string of the molecule is Cc1ccc2nc(-c3ccc(C)c(C)c3)cc(C(=O)NCCN3CCOCC3)c2c1. The molecule has 1 saturated heterocycles. The van der Waals surface area contributed by atoms with E-state index in [1.165, 1.54) is 11.1 Å². The van der Waals surface area contributed by atoms with Crippen molar-refractivity contribution in [1.82, 2.24) is 15.2 Å². The number of carbonyl (C=O) groups is 1. The maximum absolute atomic E-state index is 13.1. The number of aromatic nitrogens is 1. The first-order valence-corrected chi connectivity index (χ1v) is 10.6. The van der Waals surface area contributed by atoms with Gasteiger partial charge in [0.1, 0.15) is 0 Å². The predicted molar refractivity (Wildman–Crippen MR) is 121 cm³/mol. The number of morpholine rings is 1. The topological polar surface area (TPSA) is 54.5 Å². The summed E-state index contributed by atoms with van der Waals surface area (Å²) in [6.07, 6.45) is 0. The molecule has 30 heavy (non-hydrogen) atoms. The highest BCUT2D eigenvalue weighted by Gasteiger charge is 2.16. The molecule has 1 N–H and O–H groups in total. The minimum Gasteiger partial charge on any atom is -0.379 e. The van der Waals surface area contributed by atoms with Crippen LogP contribution in [-0.2, 0) is 4.74 Å². The van der Waals surface area contributed by atoms with E-state index in [-0.39, 0.29) is 5.91 Å². The summed E-state index contributed by atoms with van der Waals surface area (Å²) in [4.78, 5) is 20.3. The average molecular weight is 404 g/mol. The van der Waals surface area contributed by atoms with Crippen LogP contribution in [0.3, 0.4) is 0 Å². The fraction of sp³-hybridized carbons (Fsp3) is 0.360. The highest BCUT2D eigenvalue weighted by atomic mass is 16.5. The summed E-state index contributed by atoms with van der Waals surface area (Å²) in [5.41, 5.74) is 6.96. The lowest BCUT2D eigenvalue weighted by Crippen LogP contribution is -2.41. The van der Waals surface area contributed by atoms with E-state index >= 15 is 0 Å². The molecule has 0 unspecified atom stereocenters. The first-order chi connectivity index (χ1) is 14.5. The zero-order valence-electron chi connectivity index (χ0n) is 18.0. The molecule has 156 valence electrons. The number of benzene rings is 2. The van der Waals surface area contributed by atoms with E-state index in [0.717, 1.165) is 60.6 Å². The van der Waals surface area contributed by atoms with Gasteiger partial charge in [-0.15, -0.1) is 0 Å². The standard InChI is InChI=1S/C25H29N3O2/c1-17-4-7-23-21(14-17)22(25(29)26-8-9-28-10-12-30-13-11-28)16-24(27-23)20-6-5-18(2)19(3)15-20/h4-7,14-16H,8-13H2,1-3H3,(H,26,29). The van der Waals surface area contributed by atoms with E-state index < -0.39 is 0 Å². The summed E-state index contributed by atoms with van der Waals surface area (Å²) in [7, 11) is 0. The van der Waals surface area contributed by atoms with Crippen molar-refractivity contribution >= 4 is 16.8 Å². The van der Waals surface area contributed by atoms with E-state index in [1.807, 2.05) is 31.2 Å². The van der Waals surface area contributed by atoms with Crippen LogP contribution in [0, 0.1) is 20.8 Å². The number of ether oxygens (including phenoxy) is 1. The number of nitrogens with one attached hydrogen (secondary N) is 1. The number of hydrogen-bond acceptors (Lipinski definition) is 4. The predicted octanol–water partition coefficient (Wildman–Crippen LogP) is 3.89. The van der Waals surface area contributed by atoms with Crippen molar-refractivity contribution in [2.75, 3.05) is 39.4 Å². The van der Waals surface area contributed by atoms with Crippen LogP contribution in [-0.4, -0.2) is 55.2 Å². The number of carbonyl (C=O) groups excluding carboxylic acids is 1. The molecule has 0 bridgehead atoms. The summed E-state index contributed by atoms with van der Waals surface area (Å²) < 4.78 is 5.39. The number of rotatable bonds is 5. The van der Waals surface area contributed by atoms with Gasteiger partial charge in [-0.25, -0.2) is 4.98 Å². The van der Waals surface area contributed by atoms with E-state index in [2.05, 4.69) is 42.3 Å². The van der Waals surface area contributed by atoms with Crippen molar-refractivity contribution in [3.8, 4) is 11.3 Å². The molecule has 4 rings (SSSR count). The Labute approximate surface area is 178 Å². The summed E-state index contributed by atoms with van der Waals surface area (Å²) in [6, 6.07) is 14.3. The average Bonchev–Trinajstić information content (AvgIpc) is 2.75. The second-order valence-electron chi connectivity index (χ2n) is 8.08. The molecule has 1 aliphatic rings. The third-order valence-corrected chi connectivity index (χ3v) is 5.83. The van der Waals surface area contributed by atoms with Crippen molar-refractivity contribution in [1.29, 1.82) is 0 Å². The van der Waals surface area contributed by atoms with Crippen LogP contribution in [0.4, 0.5) is 0 Å². The molecule has 1 aliphatic heterocycles. The van der Waals surface area contributed by atoms with Gasteiger partial charge in [0.25, 0.3) is 5.91 Å². The summed E-state index contributed by atoms with van der Waals surface area (Å²) in [5, 5.41) is 4.00. The van der Waals surface area contributed by atoms with Gasteiger partial charge in [-0.1, -0.05) is 23.8 Å². The molecule has 0 aliphatic carbocycles. The molecular formula is C25H29N3O2. The van der Waals surface area contributed by atoms with Crippen LogP contribution < -0.4 is 5.32 Å². The van der Waals surface area contributed by atoms with Crippen LogP contribution in [0.2, 0.25) is 0 Å². The van der Waals surface area contributed by atoms with Crippen LogP contribution in [0.15, 0.2) is 42.5 Å². The Hall–Kier alpha value is -2.76. The van der Waals surface area contributed by atoms with Crippen molar-refractivity contribution in [3.63, 3.8) is 0 Å². The number of hydrogen-bond donors (Lipinski definition) is 1. The molecule has 0 radical (unpaired) electrons. The molecule has 1 amide bonds. The van der Waals surface area contributed by atoms with Gasteiger partial charge in [0.15, 0.2) is 0 Å². The minimum atomic E-state index is -0.0497. The maximum atomic E-state index is 13.1. The van der Waals surface area contributed by atoms with Gasteiger partial charge in [0.2, 0.25) is 0 Å². The van der Waals surface area contributed by atoms with Gasteiger partial charge in [-0.3, -0.25) is 9.69 Å². The molecule has 5 heteroatoms. The van der Waals surface area contributed by atoms with Crippen LogP contribution >= 0.6 is 0 Å². The highest BCUT2D eigenvalue weighted by molar-refractivity contribution is 6.07. The molecule has 3 aromatic rings. The van der Waals surface area contributed by atoms with Gasteiger partial charge in [-0.05, 0) is 56.2 Å². The number of aryl methyl sites for hydroxylation is 3. The lowest BCUT2D eigenvalue weighted by Gasteiger charge is -2.26. The van der Waals surface area contributed by atoms with Gasteiger partial charge in [0, 0.05) is 37.1 Å². The lowest BCUT2D eigenvalue weighted by atomic mass is 10.00. The van der Waals surface area contributed by atoms with Gasteiger partial charge in [0.05, 0.1) is 30.0 Å². The van der Waals surface area contributed by atoms with E-state index in [1.54, 1.807) is 0 Å². The molecule has 1 aromatic heterocycles. The number of pyridine rings is 1. The number of nitrogens with zero attached hydrogens (tertiary/aromatic N) is 2. The van der Waals surface area contributed by atoms with E-state index in [0.29, 0.717) is 12.1 Å². The monoisotopic (exact) mass is 403 g/mol. The molecule has 2 aromatic carbocycles. The van der Waals surface area contributed by atoms with Crippen molar-refractivity contribution < 1.29 is 9.53 Å². The van der Waals surface area contributed by atoms with E-state index in [9.17, 15) is 4.79 Å². The highest BCUT2D eigenvalue weighted by Crippen LogP contribution is 2.27. The fourth-order valence-corrected chi connectivity index (χ4v) is 3.82. The number of amides is 1. The first-order valence-electron chi connectivity index (χ1n) is 10.6. The van der Waals surface area contributed by atoms with Crippen LogP contribution in [0.1, 0.15) is 27.0 Å². The molecule has 2 heterocycles. The largest absolute Gasteiger partial charge is 0.379 e. The lowest BCUT2D eigenvalue weighted by molar-refractivity contribution is 0.0383. The van der Waals surface area contributed by atoms with Gasteiger partial charge >= 0.3 is 0 Å². The summed E-state index contributed by atoms with van der Waals surface area (Å²) >= 11 is 0. The second-order valence-corrected chi connectivity index (χ2v) is 8.08. The van der Waals surface area contributed by atoms with Crippen LogP contribution in [0.25, 0.3) is 22.2 Å². The molecule has 1 fully saturated rings. The third kappa shape index (κ3) is 4.53. The normalized spacial score (nSPS) is 14.8. The Bertz CT molecular complexity index is 1070. The van der Waals surface area contributed by atoms with Gasteiger partial charge < -0.3 is 10.1 Å². The Kier molecular flexibility index (Phi) is 6.11.